The molecule has 8 heteroatoms. The number of nitrogens with zero attached hydrogens (tertiary/aromatic N) is 2. The summed E-state index contributed by atoms with van der Waals surface area (Å²) in [5, 5.41) is 0.640. The number of nitrogen functional groups attached to an aromatic ring is 1. The Kier molecular flexibility index (Phi) is 5.60. The molecule has 1 unspecified atom stereocenters. The number of methoxy groups -OCH3 is 3. The summed E-state index contributed by atoms with van der Waals surface area (Å²) < 4.78 is 16.6. The third-order valence-corrected chi connectivity index (χ3v) is 6.31. The molecule has 0 spiro atoms. The zero-order valence-electron chi connectivity index (χ0n) is 17.6. The van der Waals surface area contributed by atoms with Crippen molar-refractivity contribution in [3.63, 3.8) is 0 Å². The van der Waals surface area contributed by atoms with Gasteiger partial charge in [0.1, 0.15) is 5.82 Å². The first-order chi connectivity index (χ1) is 14.5. The van der Waals surface area contributed by atoms with E-state index in [0.717, 1.165) is 40.8 Å². The van der Waals surface area contributed by atoms with Crippen LogP contribution in [0, 0.1) is 0 Å². The molecular weight excluding hydrogens is 402 g/mol. The van der Waals surface area contributed by atoms with Crippen molar-refractivity contribution in [2.75, 3.05) is 33.3 Å². The third-order valence-electron chi connectivity index (χ3n) is 5.76. The summed E-state index contributed by atoms with van der Waals surface area (Å²) in [6.07, 6.45) is 4.86. The standard InChI is InChI=1S/C22H25N3O4S/c1-27-15-9-12(10-16(28-2)20(15)29-3)18-17-11(6-5-7-14(17)26)8-13-19(18)21(23)25-22(24-13)30-4/h9-10,18H,5-8H2,1-4H3,(H2,23,24,25). The highest BCUT2D eigenvalue weighted by Crippen LogP contribution is 2.49. The number of ketones is 1. The second kappa shape index (κ2) is 8.18. The van der Waals surface area contributed by atoms with Crippen LogP contribution in [0.2, 0.25) is 0 Å². The molecule has 0 fully saturated rings. The molecule has 1 atom stereocenters. The lowest BCUT2D eigenvalue weighted by Gasteiger charge is -2.33. The molecule has 0 amide bonds. The fraction of sp³-hybridized carbons (Fsp3) is 0.409. The monoisotopic (exact) mass is 427 g/mol. The van der Waals surface area contributed by atoms with Crippen molar-refractivity contribution < 1.29 is 19.0 Å². The molecule has 2 aromatic rings. The summed E-state index contributed by atoms with van der Waals surface area (Å²) in [4.78, 5) is 22.3. The van der Waals surface area contributed by atoms with E-state index in [9.17, 15) is 4.79 Å². The molecule has 2 aliphatic rings. The zero-order chi connectivity index (χ0) is 21.4. The quantitative estimate of drug-likeness (QED) is 0.572. The van der Waals surface area contributed by atoms with Gasteiger partial charge in [0.2, 0.25) is 5.75 Å². The van der Waals surface area contributed by atoms with E-state index < -0.39 is 0 Å². The maximum atomic E-state index is 13.1. The second-order valence-electron chi connectivity index (χ2n) is 7.32. The number of rotatable bonds is 5. The molecule has 2 N–H and O–H groups in total. The lowest BCUT2D eigenvalue weighted by molar-refractivity contribution is -0.116. The van der Waals surface area contributed by atoms with Crippen molar-refractivity contribution in [1.29, 1.82) is 0 Å². The molecule has 1 aromatic carbocycles. The van der Waals surface area contributed by atoms with Crippen LogP contribution in [0.25, 0.3) is 0 Å². The van der Waals surface area contributed by atoms with Crippen LogP contribution in [0.1, 0.15) is 42.0 Å². The van der Waals surface area contributed by atoms with E-state index in [1.165, 1.54) is 11.8 Å². The Labute approximate surface area is 180 Å². The van der Waals surface area contributed by atoms with E-state index in [2.05, 4.69) is 4.98 Å². The second-order valence-corrected chi connectivity index (χ2v) is 8.09. The molecule has 7 nitrogen and oxygen atoms in total. The van der Waals surface area contributed by atoms with Gasteiger partial charge in [0, 0.05) is 29.9 Å². The highest BCUT2D eigenvalue weighted by Gasteiger charge is 2.38. The molecular formula is C22H25N3O4S. The summed E-state index contributed by atoms with van der Waals surface area (Å²) in [5.74, 6) is 1.78. The van der Waals surface area contributed by atoms with Crippen LogP contribution in [0.15, 0.2) is 28.4 Å². The van der Waals surface area contributed by atoms with Gasteiger partial charge in [-0.2, -0.15) is 0 Å². The zero-order valence-corrected chi connectivity index (χ0v) is 18.4. The minimum Gasteiger partial charge on any atom is -0.493 e. The van der Waals surface area contributed by atoms with Gasteiger partial charge in [-0.3, -0.25) is 4.79 Å². The van der Waals surface area contributed by atoms with Gasteiger partial charge in [0.15, 0.2) is 22.4 Å². The number of thioether (sulfide) groups is 1. The Morgan fingerprint density at radius 2 is 1.77 bits per heavy atom. The smallest absolute Gasteiger partial charge is 0.203 e. The average Bonchev–Trinajstić information content (AvgIpc) is 2.76. The Balaban J connectivity index is 2.00. The number of hydrogen-bond donors (Lipinski definition) is 1. The molecule has 2 aliphatic carbocycles. The number of allylic oxidation sites excluding steroid dienone is 2. The summed E-state index contributed by atoms with van der Waals surface area (Å²) in [6.45, 7) is 0. The minimum atomic E-state index is -0.360. The largest absolute Gasteiger partial charge is 0.493 e. The molecule has 30 heavy (non-hydrogen) atoms. The van der Waals surface area contributed by atoms with Crippen LogP contribution in [0.5, 0.6) is 17.2 Å². The van der Waals surface area contributed by atoms with Gasteiger partial charge in [-0.25, -0.2) is 9.97 Å². The van der Waals surface area contributed by atoms with Gasteiger partial charge < -0.3 is 19.9 Å². The Morgan fingerprint density at radius 3 is 2.37 bits per heavy atom. The Hall–Kier alpha value is -2.74. The van der Waals surface area contributed by atoms with Crippen LogP contribution in [0.3, 0.4) is 0 Å². The van der Waals surface area contributed by atoms with Gasteiger partial charge in [-0.05, 0) is 36.8 Å². The first kappa shape index (κ1) is 20.5. The van der Waals surface area contributed by atoms with Gasteiger partial charge in [-0.15, -0.1) is 0 Å². The number of Topliss-reactive ketones (excluding diaryl/α,β-unsaturated/α-hetero) is 1. The lowest BCUT2D eigenvalue weighted by atomic mass is 9.71. The number of benzene rings is 1. The van der Waals surface area contributed by atoms with Crippen LogP contribution in [0.4, 0.5) is 5.82 Å². The fourth-order valence-electron chi connectivity index (χ4n) is 4.48. The topological polar surface area (TPSA) is 96.6 Å². The Bertz CT molecular complexity index is 1030. The van der Waals surface area contributed by atoms with Gasteiger partial charge >= 0.3 is 0 Å². The predicted octanol–water partition coefficient (Wildman–Crippen LogP) is 3.54. The Morgan fingerprint density at radius 1 is 1.07 bits per heavy atom. The molecule has 1 heterocycles. The van der Waals surface area contributed by atoms with E-state index in [0.29, 0.717) is 41.1 Å². The van der Waals surface area contributed by atoms with E-state index in [-0.39, 0.29) is 11.7 Å². The normalized spacial score (nSPS) is 18.0. The van der Waals surface area contributed by atoms with Crippen molar-refractivity contribution in [3.8, 4) is 17.2 Å². The van der Waals surface area contributed by atoms with Crippen LogP contribution in [-0.2, 0) is 11.2 Å². The van der Waals surface area contributed by atoms with Crippen molar-refractivity contribution >= 4 is 23.4 Å². The van der Waals surface area contributed by atoms with Crippen molar-refractivity contribution in [3.05, 3.63) is 40.1 Å². The first-order valence-corrected chi connectivity index (χ1v) is 11.0. The SMILES string of the molecule is COc1cc(C2C3=C(CCCC3=O)Cc3nc(SC)nc(N)c32)cc(OC)c1OC. The number of fused-ring (bicyclic) bond motifs is 1. The minimum absolute atomic E-state index is 0.161. The van der Waals surface area contributed by atoms with Crippen molar-refractivity contribution in [2.45, 2.75) is 36.8 Å². The lowest BCUT2D eigenvalue weighted by Crippen LogP contribution is -2.27. The van der Waals surface area contributed by atoms with E-state index in [4.69, 9.17) is 24.9 Å². The summed E-state index contributed by atoms with van der Waals surface area (Å²) in [7, 11) is 4.72. The third kappa shape index (κ3) is 3.29. The first-order valence-electron chi connectivity index (χ1n) is 9.77. The highest BCUT2D eigenvalue weighted by molar-refractivity contribution is 7.98. The van der Waals surface area contributed by atoms with Crippen LogP contribution < -0.4 is 19.9 Å². The summed E-state index contributed by atoms with van der Waals surface area (Å²) in [5.41, 5.74) is 10.9. The van der Waals surface area contributed by atoms with Crippen LogP contribution in [-0.4, -0.2) is 43.3 Å². The number of nitrogens with two attached hydrogens (primary N) is 1. The molecule has 4 rings (SSSR count). The average molecular weight is 428 g/mol. The maximum absolute atomic E-state index is 13.1. The van der Waals surface area contributed by atoms with E-state index >= 15 is 0 Å². The molecule has 0 saturated heterocycles. The van der Waals surface area contributed by atoms with Crippen molar-refractivity contribution in [1.82, 2.24) is 9.97 Å². The summed E-state index contributed by atoms with van der Waals surface area (Å²) in [6, 6.07) is 3.77. The molecule has 158 valence electrons. The van der Waals surface area contributed by atoms with Gasteiger partial charge in [-0.1, -0.05) is 17.3 Å². The molecule has 0 bridgehead atoms. The molecule has 1 aromatic heterocycles. The van der Waals surface area contributed by atoms with Crippen LogP contribution >= 0.6 is 11.8 Å². The number of ether oxygens (including phenoxy) is 3. The van der Waals surface area contributed by atoms with E-state index in [1.807, 2.05) is 18.4 Å². The van der Waals surface area contributed by atoms with Gasteiger partial charge in [0.25, 0.3) is 0 Å². The van der Waals surface area contributed by atoms with E-state index in [1.54, 1.807) is 21.3 Å². The van der Waals surface area contributed by atoms with Gasteiger partial charge in [0.05, 0.1) is 27.0 Å². The number of carbonyl (C=O) groups is 1. The number of hydrogen-bond acceptors (Lipinski definition) is 8. The molecule has 0 radical (unpaired) electrons. The van der Waals surface area contributed by atoms with Crippen molar-refractivity contribution in [2.24, 2.45) is 0 Å². The fourth-order valence-corrected chi connectivity index (χ4v) is 4.87. The maximum Gasteiger partial charge on any atom is 0.203 e. The summed E-state index contributed by atoms with van der Waals surface area (Å²) >= 11 is 1.46. The number of aromatic nitrogens is 2. The molecule has 0 aliphatic heterocycles. The highest BCUT2D eigenvalue weighted by atomic mass is 32.2. The predicted molar refractivity (Wildman–Crippen MR) is 116 cm³/mol. The number of anilines is 1. The molecule has 0 saturated carbocycles. The number of carbonyl (C=O) groups excluding carboxylic acids is 1.